The van der Waals surface area contributed by atoms with Gasteiger partial charge in [-0.05, 0) is 12.0 Å². The number of rotatable bonds is 3. The van der Waals surface area contributed by atoms with Crippen LogP contribution in [0.25, 0.3) is 0 Å². The highest BCUT2D eigenvalue weighted by Gasteiger charge is 2.03. The molecule has 15 heavy (non-hydrogen) atoms. The molecule has 0 aliphatic heterocycles. The number of carboxylic acids is 1. The van der Waals surface area contributed by atoms with Crippen LogP contribution in [0.2, 0.25) is 0 Å². The van der Waals surface area contributed by atoms with Gasteiger partial charge in [-0.1, -0.05) is 43.7 Å². The van der Waals surface area contributed by atoms with Crippen molar-refractivity contribution < 1.29 is 15.0 Å². The highest BCUT2D eigenvalue weighted by Crippen LogP contribution is 2.16. The Kier molecular flexibility index (Phi) is 7.28. The lowest BCUT2D eigenvalue weighted by atomic mass is 10.1. The Morgan fingerprint density at radius 2 is 1.80 bits per heavy atom. The molecule has 1 atom stereocenters. The molecule has 0 aliphatic carbocycles. The van der Waals surface area contributed by atoms with Gasteiger partial charge in [0.25, 0.3) is 5.97 Å². The van der Waals surface area contributed by atoms with E-state index in [-0.39, 0.29) is 6.10 Å². The van der Waals surface area contributed by atoms with Gasteiger partial charge in [-0.15, -0.1) is 0 Å². The van der Waals surface area contributed by atoms with Crippen LogP contribution in [0.3, 0.4) is 0 Å². The van der Waals surface area contributed by atoms with E-state index in [1.54, 1.807) is 0 Å². The van der Waals surface area contributed by atoms with E-state index >= 15 is 0 Å². The Morgan fingerprint density at radius 1 is 1.33 bits per heavy atom. The summed E-state index contributed by atoms with van der Waals surface area (Å²) in [7, 11) is 0. The van der Waals surface area contributed by atoms with Crippen LogP contribution >= 0.6 is 0 Å². The molecule has 0 spiro atoms. The molecule has 0 saturated carbocycles. The molecule has 0 radical (unpaired) electrons. The zero-order valence-electron chi connectivity index (χ0n) is 9.18. The van der Waals surface area contributed by atoms with Gasteiger partial charge in [0.05, 0.1) is 6.10 Å². The molecule has 84 valence electrons. The minimum absolute atomic E-state index is 0.277. The largest absolute Gasteiger partial charge is 0.481 e. The zero-order valence-corrected chi connectivity index (χ0v) is 9.18. The Labute approximate surface area is 90.4 Å². The van der Waals surface area contributed by atoms with Gasteiger partial charge in [0.15, 0.2) is 0 Å². The normalized spacial score (nSPS) is 11.1. The average Bonchev–Trinajstić information content (AvgIpc) is 2.19. The van der Waals surface area contributed by atoms with Crippen LogP contribution in [-0.4, -0.2) is 16.2 Å². The fraction of sp³-hybridized carbons (Fsp3) is 0.417. The summed E-state index contributed by atoms with van der Waals surface area (Å²) < 4.78 is 0. The van der Waals surface area contributed by atoms with Crippen LogP contribution in [0.15, 0.2) is 30.3 Å². The van der Waals surface area contributed by atoms with Gasteiger partial charge >= 0.3 is 0 Å². The molecular formula is C12H18O3. The molecule has 1 unspecified atom stereocenters. The molecule has 1 aromatic carbocycles. The molecule has 3 heteroatoms. The molecule has 0 fully saturated rings. The highest BCUT2D eigenvalue weighted by molar-refractivity contribution is 5.62. The molecule has 0 bridgehead atoms. The fourth-order valence-electron chi connectivity index (χ4n) is 1.12. The van der Waals surface area contributed by atoms with Crippen molar-refractivity contribution in [3.63, 3.8) is 0 Å². The number of aliphatic hydroxyl groups is 1. The van der Waals surface area contributed by atoms with Crippen molar-refractivity contribution in [2.24, 2.45) is 0 Å². The summed E-state index contributed by atoms with van der Waals surface area (Å²) in [6.45, 7) is 3.16. The number of benzene rings is 1. The number of aliphatic hydroxyl groups excluding tert-OH is 1. The smallest absolute Gasteiger partial charge is 0.300 e. The average molecular weight is 210 g/mol. The monoisotopic (exact) mass is 210 g/mol. The van der Waals surface area contributed by atoms with E-state index < -0.39 is 5.97 Å². The first-order chi connectivity index (χ1) is 7.07. The van der Waals surface area contributed by atoms with Gasteiger partial charge < -0.3 is 10.2 Å². The van der Waals surface area contributed by atoms with E-state index in [1.165, 1.54) is 0 Å². The molecule has 0 aliphatic rings. The van der Waals surface area contributed by atoms with Gasteiger partial charge in [0, 0.05) is 6.92 Å². The first-order valence-corrected chi connectivity index (χ1v) is 5.00. The topological polar surface area (TPSA) is 57.5 Å². The maximum atomic E-state index is 9.52. The molecule has 3 nitrogen and oxygen atoms in total. The third-order valence-electron chi connectivity index (χ3n) is 1.75. The second-order valence-corrected chi connectivity index (χ2v) is 3.23. The number of carboxylic acid groups (broad SMARTS) is 1. The van der Waals surface area contributed by atoms with E-state index in [0.717, 1.165) is 25.3 Å². The number of carbonyl (C=O) groups is 1. The Hall–Kier alpha value is -1.35. The van der Waals surface area contributed by atoms with E-state index in [1.807, 2.05) is 30.3 Å². The standard InChI is InChI=1S/C10H14O.C2H4O2/c1-2-6-10(11)9-7-4-3-5-8-9;1-2(3)4/h3-5,7-8,10-11H,2,6H2,1H3;1H3,(H,3,4). The van der Waals surface area contributed by atoms with Crippen LogP contribution < -0.4 is 0 Å². The van der Waals surface area contributed by atoms with Crippen molar-refractivity contribution in [2.45, 2.75) is 32.8 Å². The summed E-state index contributed by atoms with van der Waals surface area (Å²) in [6, 6.07) is 9.78. The molecule has 0 aromatic heterocycles. The lowest BCUT2D eigenvalue weighted by Crippen LogP contribution is -1.95. The van der Waals surface area contributed by atoms with Crippen LogP contribution in [0.1, 0.15) is 38.4 Å². The summed E-state index contributed by atoms with van der Waals surface area (Å²) in [4.78, 5) is 9.00. The van der Waals surface area contributed by atoms with Gasteiger partial charge in [-0.3, -0.25) is 4.79 Å². The molecule has 1 rings (SSSR count). The SMILES string of the molecule is CC(=O)O.CCCC(O)c1ccccc1. The first-order valence-electron chi connectivity index (χ1n) is 5.00. The third kappa shape index (κ3) is 7.70. The Bertz CT molecular complexity index is 265. The van der Waals surface area contributed by atoms with E-state index in [9.17, 15) is 5.11 Å². The van der Waals surface area contributed by atoms with Gasteiger partial charge in [0.2, 0.25) is 0 Å². The van der Waals surface area contributed by atoms with Crippen molar-refractivity contribution in [1.29, 1.82) is 0 Å². The minimum Gasteiger partial charge on any atom is -0.481 e. The minimum atomic E-state index is -0.833. The van der Waals surface area contributed by atoms with E-state index in [4.69, 9.17) is 9.90 Å². The number of hydrogen-bond acceptors (Lipinski definition) is 2. The van der Waals surface area contributed by atoms with Crippen LogP contribution in [-0.2, 0) is 4.79 Å². The molecule has 0 amide bonds. The predicted molar refractivity (Wildman–Crippen MR) is 59.6 cm³/mol. The summed E-state index contributed by atoms with van der Waals surface area (Å²) in [5.41, 5.74) is 1.02. The second-order valence-electron chi connectivity index (χ2n) is 3.23. The van der Waals surface area contributed by atoms with Crippen LogP contribution in [0.5, 0.6) is 0 Å². The maximum absolute atomic E-state index is 9.52. The van der Waals surface area contributed by atoms with Crippen LogP contribution in [0.4, 0.5) is 0 Å². The maximum Gasteiger partial charge on any atom is 0.300 e. The second kappa shape index (κ2) is 8.00. The zero-order chi connectivity index (χ0) is 11.7. The van der Waals surface area contributed by atoms with Crippen molar-refractivity contribution >= 4 is 5.97 Å². The highest BCUT2D eigenvalue weighted by atomic mass is 16.4. The van der Waals surface area contributed by atoms with E-state index in [2.05, 4.69) is 6.92 Å². The Balaban J connectivity index is 0.000000423. The van der Waals surface area contributed by atoms with Gasteiger partial charge in [-0.2, -0.15) is 0 Å². The molecule has 0 saturated heterocycles. The predicted octanol–water partition coefficient (Wildman–Crippen LogP) is 2.61. The number of hydrogen-bond donors (Lipinski definition) is 2. The summed E-state index contributed by atoms with van der Waals surface area (Å²) >= 11 is 0. The van der Waals surface area contributed by atoms with Crippen molar-refractivity contribution in [3.8, 4) is 0 Å². The summed E-state index contributed by atoms with van der Waals surface area (Å²) in [5.74, 6) is -0.833. The quantitative estimate of drug-likeness (QED) is 0.806. The summed E-state index contributed by atoms with van der Waals surface area (Å²) in [6.07, 6.45) is 1.60. The van der Waals surface area contributed by atoms with Crippen molar-refractivity contribution in [1.82, 2.24) is 0 Å². The molecule has 2 N–H and O–H groups in total. The van der Waals surface area contributed by atoms with Crippen molar-refractivity contribution in [2.75, 3.05) is 0 Å². The van der Waals surface area contributed by atoms with E-state index in [0.29, 0.717) is 0 Å². The van der Waals surface area contributed by atoms with Crippen LogP contribution in [0, 0.1) is 0 Å². The van der Waals surface area contributed by atoms with Gasteiger partial charge in [-0.25, -0.2) is 0 Å². The van der Waals surface area contributed by atoms with Crippen molar-refractivity contribution in [3.05, 3.63) is 35.9 Å². The van der Waals surface area contributed by atoms with Gasteiger partial charge in [0.1, 0.15) is 0 Å². The third-order valence-corrected chi connectivity index (χ3v) is 1.75. The first kappa shape index (κ1) is 13.7. The lowest BCUT2D eigenvalue weighted by molar-refractivity contribution is -0.134. The number of aliphatic carboxylic acids is 1. The molecular weight excluding hydrogens is 192 g/mol. The summed E-state index contributed by atoms with van der Waals surface area (Å²) in [5, 5.41) is 16.9. The molecule has 1 aromatic rings. The molecule has 0 heterocycles. The fourth-order valence-corrected chi connectivity index (χ4v) is 1.12. The Morgan fingerprint density at radius 3 is 2.20 bits per heavy atom. The lowest BCUT2D eigenvalue weighted by Gasteiger charge is -2.07.